The van der Waals surface area contributed by atoms with Crippen LogP contribution >= 0.6 is 0 Å². The van der Waals surface area contributed by atoms with Crippen molar-refractivity contribution in [2.45, 2.75) is 5.41 Å². The lowest BCUT2D eigenvalue weighted by molar-refractivity contribution is 0.486. The van der Waals surface area contributed by atoms with Crippen LogP contribution in [0.15, 0.2) is 182 Å². The lowest BCUT2D eigenvalue weighted by atomic mass is 9.26. The molecule has 0 N–H and O–H groups in total. The third-order valence-electron chi connectivity index (χ3n) is 12.2. The van der Waals surface area contributed by atoms with Gasteiger partial charge in [0.25, 0.3) is 6.71 Å². The predicted molar refractivity (Wildman–Crippen MR) is 219 cm³/mol. The lowest BCUT2D eigenvalue weighted by Gasteiger charge is -2.50. The highest BCUT2D eigenvalue weighted by Crippen LogP contribution is 2.48. The molecule has 5 heteroatoms. The lowest BCUT2D eigenvalue weighted by Crippen LogP contribution is -2.68. The van der Waals surface area contributed by atoms with Gasteiger partial charge in [-0.1, -0.05) is 155 Å². The van der Waals surface area contributed by atoms with E-state index in [4.69, 9.17) is 4.74 Å². The summed E-state index contributed by atoms with van der Waals surface area (Å²) in [6.45, 7) is 0.116. The van der Waals surface area contributed by atoms with Gasteiger partial charge in [0.1, 0.15) is 11.5 Å². The fourth-order valence-corrected chi connectivity index (χ4v) is 10.3. The molecule has 0 aliphatic carbocycles. The molecule has 3 aliphatic heterocycles. The van der Waals surface area contributed by atoms with Crippen LogP contribution in [0.1, 0.15) is 22.3 Å². The number of pyridine rings is 1. The number of hydrogen-bond donors (Lipinski definition) is 0. The minimum absolute atomic E-state index is 0.0303. The zero-order chi connectivity index (χ0) is 34.7. The molecule has 0 atom stereocenters. The summed E-state index contributed by atoms with van der Waals surface area (Å²) in [6, 6.07) is 62.9. The van der Waals surface area contributed by atoms with Crippen LogP contribution in [0.25, 0.3) is 27.5 Å². The quantitative estimate of drug-likeness (QED) is 0.201. The van der Waals surface area contributed by atoms with Crippen LogP contribution in [0, 0.1) is 0 Å². The number of hydrogen-bond acceptors (Lipinski definition) is 2. The van der Waals surface area contributed by atoms with Crippen LogP contribution in [0.3, 0.4) is 0 Å². The summed E-state index contributed by atoms with van der Waals surface area (Å²) in [6.07, 6.45) is 3.76. The number of fused-ring (bicyclic) bond motifs is 13. The van der Waals surface area contributed by atoms with Crippen molar-refractivity contribution in [2.75, 3.05) is 0 Å². The van der Waals surface area contributed by atoms with Gasteiger partial charge < -0.3 is 9.30 Å². The molecule has 3 aliphatic rings. The van der Waals surface area contributed by atoms with Gasteiger partial charge in [-0.05, 0) is 69.6 Å². The molecule has 244 valence electrons. The van der Waals surface area contributed by atoms with Crippen LogP contribution < -0.4 is 37.5 Å². The second-order valence-electron chi connectivity index (χ2n) is 14.6. The maximum atomic E-state index is 6.75. The minimum atomic E-state index is -0.534. The minimum Gasteiger partial charge on any atom is -0.458 e. The summed E-state index contributed by atoms with van der Waals surface area (Å²) in [5, 5.41) is 2.50. The highest BCUT2D eigenvalue weighted by atomic mass is 16.5. The number of aromatic nitrogens is 2. The first kappa shape index (κ1) is 29.0. The van der Waals surface area contributed by atoms with Gasteiger partial charge in [0.2, 0.25) is 6.71 Å². The SMILES string of the molecule is c1ccc2c(c1)Oc1cccc3c1B2c1ccccc1C31c2ccccc2B(c2ccc3c4ccccc4n(-c4ccncc4)c3c2)c2ccccc21. The van der Waals surface area contributed by atoms with Crippen molar-refractivity contribution in [1.82, 2.24) is 9.55 Å². The normalized spacial score (nSPS) is 14.3. The molecule has 0 amide bonds. The van der Waals surface area contributed by atoms with Crippen LogP contribution in [0.2, 0.25) is 0 Å². The van der Waals surface area contributed by atoms with Crippen LogP contribution in [-0.2, 0) is 5.41 Å². The highest BCUT2D eigenvalue weighted by molar-refractivity contribution is 6.99. The van der Waals surface area contributed by atoms with E-state index in [1.807, 2.05) is 12.4 Å². The zero-order valence-corrected chi connectivity index (χ0v) is 28.8. The Balaban J connectivity index is 1.16. The molecule has 3 nitrogen and oxygen atoms in total. The van der Waals surface area contributed by atoms with E-state index in [2.05, 4.69) is 179 Å². The molecule has 0 radical (unpaired) electrons. The summed E-state index contributed by atoms with van der Waals surface area (Å²) in [5.41, 5.74) is 16.1. The first-order chi connectivity index (χ1) is 26.3. The Morgan fingerprint density at radius 1 is 0.453 bits per heavy atom. The van der Waals surface area contributed by atoms with Crippen molar-refractivity contribution in [3.8, 4) is 17.2 Å². The van der Waals surface area contributed by atoms with E-state index in [1.165, 1.54) is 76.8 Å². The summed E-state index contributed by atoms with van der Waals surface area (Å²) in [7, 11) is 0. The standard InChI is InChI=1S/C48H30B2N2O/c1-9-21-43-33(12-1)34-25-24-31(30-44(34)52(43)32-26-28-51-29-27-32)49-39-17-5-2-13-35(39)48(36-14-3-6-18-40(36)49)37-15-4-7-19-41(37)50-42-20-8-10-22-45(42)53-46-23-11-16-38(48)47(46)50/h1-30H. The fourth-order valence-electron chi connectivity index (χ4n) is 10.3. The second-order valence-corrected chi connectivity index (χ2v) is 14.6. The molecule has 2 aromatic heterocycles. The molecule has 0 bridgehead atoms. The molecular weight excluding hydrogens is 642 g/mol. The monoisotopic (exact) mass is 672 g/mol. The molecule has 9 aromatic rings. The molecule has 53 heavy (non-hydrogen) atoms. The van der Waals surface area contributed by atoms with Gasteiger partial charge in [0, 0.05) is 28.9 Å². The molecule has 0 saturated carbocycles. The third-order valence-corrected chi connectivity index (χ3v) is 12.2. The topological polar surface area (TPSA) is 27.1 Å². The number of rotatable bonds is 2. The molecule has 12 rings (SSSR count). The van der Waals surface area contributed by atoms with Crippen molar-refractivity contribution in [3.63, 3.8) is 0 Å². The summed E-state index contributed by atoms with van der Waals surface area (Å²) in [4.78, 5) is 4.34. The predicted octanol–water partition coefficient (Wildman–Crippen LogP) is 6.33. The molecule has 0 fully saturated rings. The van der Waals surface area contributed by atoms with Crippen molar-refractivity contribution in [3.05, 3.63) is 205 Å². The molecule has 0 unspecified atom stereocenters. The van der Waals surface area contributed by atoms with Crippen LogP contribution in [0.5, 0.6) is 11.5 Å². The van der Waals surface area contributed by atoms with Crippen molar-refractivity contribution < 1.29 is 4.74 Å². The van der Waals surface area contributed by atoms with E-state index in [9.17, 15) is 0 Å². The van der Waals surface area contributed by atoms with Gasteiger partial charge in [-0.25, -0.2) is 0 Å². The Bertz CT molecular complexity index is 2920. The molecule has 0 saturated heterocycles. The fraction of sp³-hybridized carbons (Fsp3) is 0.0208. The van der Waals surface area contributed by atoms with E-state index in [0.717, 1.165) is 17.2 Å². The van der Waals surface area contributed by atoms with E-state index >= 15 is 0 Å². The van der Waals surface area contributed by atoms with Gasteiger partial charge >= 0.3 is 0 Å². The van der Waals surface area contributed by atoms with Gasteiger partial charge in [-0.2, -0.15) is 0 Å². The molecule has 1 spiro atoms. The molecular formula is C48H30B2N2O. The Hall–Kier alpha value is -6.58. The number of ether oxygens (including phenoxy) is 1. The largest absolute Gasteiger partial charge is 0.458 e. The number of para-hydroxylation sites is 2. The van der Waals surface area contributed by atoms with Gasteiger partial charge in [-0.3, -0.25) is 4.98 Å². The zero-order valence-electron chi connectivity index (χ0n) is 28.8. The Morgan fingerprint density at radius 2 is 1.02 bits per heavy atom. The smallest absolute Gasteiger partial charge is 0.251 e. The highest BCUT2D eigenvalue weighted by Gasteiger charge is 2.54. The maximum Gasteiger partial charge on any atom is 0.251 e. The number of benzene rings is 7. The molecule has 7 aromatic carbocycles. The van der Waals surface area contributed by atoms with E-state index in [0.29, 0.717) is 0 Å². The first-order valence-corrected chi connectivity index (χ1v) is 18.4. The van der Waals surface area contributed by atoms with Crippen LogP contribution in [0.4, 0.5) is 0 Å². The Morgan fingerprint density at radius 3 is 1.75 bits per heavy atom. The first-order valence-electron chi connectivity index (χ1n) is 18.4. The van der Waals surface area contributed by atoms with Crippen molar-refractivity contribution in [2.24, 2.45) is 0 Å². The Labute approximate surface area is 308 Å². The Kier molecular flexibility index (Phi) is 5.88. The van der Waals surface area contributed by atoms with Gasteiger partial charge in [0.15, 0.2) is 0 Å². The van der Waals surface area contributed by atoms with Crippen LogP contribution in [-0.4, -0.2) is 23.0 Å². The number of nitrogens with zero attached hydrogens (tertiary/aromatic N) is 2. The third kappa shape index (κ3) is 3.73. The van der Waals surface area contributed by atoms with Crippen molar-refractivity contribution in [1.29, 1.82) is 0 Å². The molecule has 5 heterocycles. The summed E-state index contributed by atoms with van der Waals surface area (Å²) < 4.78 is 9.14. The summed E-state index contributed by atoms with van der Waals surface area (Å²) in [5.74, 6) is 1.89. The second kappa shape index (κ2) is 10.7. The van der Waals surface area contributed by atoms with Crippen molar-refractivity contribution >= 4 is 68.0 Å². The van der Waals surface area contributed by atoms with E-state index < -0.39 is 5.41 Å². The van der Waals surface area contributed by atoms with Gasteiger partial charge in [-0.15, -0.1) is 0 Å². The van der Waals surface area contributed by atoms with E-state index in [-0.39, 0.29) is 13.4 Å². The van der Waals surface area contributed by atoms with E-state index in [1.54, 1.807) is 0 Å². The average Bonchev–Trinajstić information content (AvgIpc) is 3.56. The summed E-state index contributed by atoms with van der Waals surface area (Å²) >= 11 is 0. The van der Waals surface area contributed by atoms with Gasteiger partial charge in [0.05, 0.1) is 16.4 Å². The maximum absolute atomic E-state index is 6.75. The average molecular weight is 672 g/mol.